The Labute approximate surface area is 174 Å². The molecule has 0 saturated carbocycles. The molecule has 1 heterocycles. The third kappa shape index (κ3) is 5.44. The Morgan fingerprint density at radius 2 is 1.83 bits per heavy atom. The van der Waals surface area contributed by atoms with Crippen LogP contribution < -0.4 is 19.9 Å². The summed E-state index contributed by atoms with van der Waals surface area (Å²) in [6.45, 7) is 4.91. The molecule has 8 heteroatoms. The van der Waals surface area contributed by atoms with Crippen molar-refractivity contribution in [3.8, 4) is 5.75 Å². The average Bonchev–Trinajstić information content (AvgIpc) is 2.77. The maximum Gasteiger partial charge on any atom is 0.416 e. The molecule has 0 spiro atoms. The molecule has 2 aromatic rings. The van der Waals surface area contributed by atoms with Crippen molar-refractivity contribution in [3.63, 3.8) is 0 Å². The van der Waals surface area contributed by atoms with Gasteiger partial charge in [-0.05, 0) is 42.8 Å². The zero-order valence-electron chi connectivity index (χ0n) is 17.1. The fraction of sp³-hybridized carbons (Fsp3) is 0.409. The second-order valence-corrected chi connectivity index (χ2v) is 7.48. The molecule has 0 aliphatic carbocycles. The lowest BCUT2D eigenvalue weighted by atomic mass is 10.1. The zero-order chi connectivity index (χ0) is 21.7. The van der Waals surface area contributed by atoms with Crippen molar-refractivity contribution in [3.05, 3.63) is 59.7 Å². The Hall–Kier alpha value is -2.74. The summed E-state index contributed by atoms with van der Waals surface area (Å²) in [6.07, 6.45) is -4.35. The van der Waals surface area contributed by atoms with Crippen LogP contribution in [0.25, 0.3) is 0 Å². The van der Waals surface area contributed by atoms with Gasteiger partial charge in [0.2, 0.25) is 0 Å². The van der Waals surface area contributed by atoms with Crippen molar-refractivity contribution in [1.82, 2.24) is 5.32 Å². The van der Waals surface area contributed by atoms with Crippen LogP contribution >= 0.6 is 0 Å². The fourth-order valence-electron chi connectivity index (χ4n) is 3.64. The third-order valence-corrected chi connectivity index (χ3v) is 5.58. The molecule has 5 nitrogen and oxygen atoms in total. The lowest BCUT2D eigenvalue weighted by Gasteiger charge is -2.36. The molecule has 1 atom stereocenters. The van der Waals surface area contributed by atoms with Gasteiger partial charge in [-0.2, -0.15) is 13.2 Å². The van der Waals surface area contributed by atoms with E-state index in [9.17, 15) is 18.0 Å². The second-order valence-electron chi connectivity index (χ2n) is 7.48. The molecule has 0 unspecified atom stereocenters. The van der Waals surface area contributed by atoms with Gasteiger partial charge in [-0.25, -0.2) is 0 Å². The van der Waals surface area contributed by atoms with E-state index in [0.717, 1.165) is 22.3 Å². The number of anilines is 1. The SMILES string of the molecule is COc1ccc(CNC(=O)[C@H](C)[NH+]2CCN(c3cccc(C(F)(F)F)c3)CC2)cc1. The first-order valence-corrected chi connectivity index (χ1v) is 9.95. The van der Waals surface area contributed by atoms with E-state index in [4.69, 9.17) is 4.74 Å². The molecule has 1 saturated heterocycles. The number of nitrogens with one attached hydrogen (secondary N) is 2. The predicted octanol–water partition coefficient (Wildman–Crippen LogP) is 2.12. The Morgan fingerprint density at radius 3 is 2.43 bits per heavy atom. The van der Waals surface area contributed by atoms with Gasteiger partial charge in [0.1, 0.15) is 5.75 Å². The van der Waals surface area contributed by atoms with Gasteiger partial charge >= 0.3 is 6.18 Å². The molecule has 30 heavy (non-hydrogen) atoms. The Bertz CT molecular complexity index is 847. The molecule has 0 bridgehead atoms. The number of hydrogen-bond acceptors (Lipinski definition) is 3. The van der Waals surface area contributed by atoms with Gasteiger partial charge in [-0.1, -0.05) is 18.2 Å². The largest absolute Gasteiger partial charge is 0.497 e. The summed E-state index contributed by atoms with van der Waals surface area (Å²) >= 11 is 0. The van der Waals surface area contributed by atoms with Crippen LogP contribution in [0.2, 0.25) is 0 Å². The number of halogens is 3. The number of methoxy groups -OCH3 is 1. The van der Waals surface area contributed by atoms with Crippen LogP contribution in [0.1, 0.15) is 18.1 Å². The van der Waals surface area contributed by atoms with Gasteiger partial charge < -0.3 is 19.9 Å². The highest BCUT2D eigenvalue weighted by molar-refractivity contribution is 5.79. The fourth-order valence-corrected chi connectivity index (χ4v) is 3.64. The molecule has 2 aromatic carbocycles. The summed E-state index contributed by atoms with van der Waals surface area (Å²) in [5.74, 6) is 0.731. The highest BCUT2D eigenvalue weighted by Crippen LogP contribution is 2.31. The van der Waals surface area contributed by atoms with Crippen LogP contribution in [0.15, 0.2) is 48.5 Å². The maximum atomic E-state index is 13.0. The number of benzene rings is 2. The first kappa shape index (κ1) is 22.0. The van der Waals surface area contributed by atoms with Gasteiger partial charge in [0, 0.05) is 12.2 Å². The highest BCUT2D eigenvalue weighted by Gasteiger charge is 2.32. The molecule has 1 aliphatic rings. The Balaban J connectivity index is 1.50. The molecule has 1 amide bonds. The number of rotatable bonds is 6. The van der Waals surface area contributed by atoms with Gasteiger partial charge in [-0.3, -0.25) is 4.79 Å². The number of alkyl halides is 3. The maximum absolute atomic E-state index is 13.0. The summed E-state index contributed by atoms with van der Waals surface area (Å²) in [6, 6.07) is 12.7. The summed E-state index contributed by atoms with van der Waals surface area (Å²) in [7, 11) is 1.61. The van der Waals surface area contributed by atoms with Gasteiger partial charge in [-0.15, -0.1) is 0 Å². The summed E-state index contributed by atoms with van der Waals surface area (Å²) < 4.78 is 44.0. The van der Waals surface area contributed by atoms with Crippen molar-refractivity contribution < 1.29 is 27.6 Å². The Kier molecular flexibility index (Phi) is 6.87. The number of carbonyl (C=O) groups is 1. The van der Waals surface area contributed by atoms with Gasteiger partial charge in [0.05, 0.1) is 38.9 Å². The number of piperazine rings is 1. The van der Waals surface area contributed by atoms with Crippen molar-refractivity contribution in [2.45, 2.75) is 25.7 Å². The molecular weight excluding hydrogens is 395 g/mol. The molecule has 162 valence electrons. The molecule has 1 fully saturated rings. The van der Waals surface area contributed by atoms with E-state index in [1.165, 1.54) is 12.1 Å². The highest BCUT2D eigenvalue weighted by atomic mass is 19.4. The number of hydrogen-bond donors (Lipinski definition) is 2. The van der Waals surface area contributed by atoms with Crippen LogP contribution in [0.4, 0.5) is 18.9 Å². The number of nitrogens with zero attached hydrogens (tertiary/aromatic N) is 1. The number of amides is 1. The van der Waals surface area contributed by atoms with Crippen LogP contribution in [0, 0.1) is 0 Å². The number of carbonyl (C=O) groups excluding carboxylic acids is 1. The molecule has 0 aromatic heterocycles. The van der Waals surface area contributed by atoms with E-state index < -0.39 is 11.7 Å². The lowest BCUT2D eigenvalue weighted by Crippen LogP contribution is -3.19. The minimum Gasteiger partial charge on any atom is -0.497 e. The second kappa shape index (κ2) is 9.38. The zero-order valence-corrected chi connectivity index (χ0v) is 17.1. The standard InChI is InChI=1S/C22H26F3N3O2/c1-16(21(29)26-15-17-6-8-20(30-2)9-7-17)27-10-12-28(13-11-27)19-5-3-4-18(14-19)22(23,24)25/h3-9,14,16H,10-13,15H2,1-2H3,(H,26,29)/p+1/t16-/m0/s1. The molecule has 1 aliphatic heterocycles. The van der Waals surface area contributed by atoms with E-state index in [1.807, 2.05) is 36.1 Å². The van der Waals surface area contributed by atoms with Crippen molar-refractivity contribution in [1.29, 1.82) is 0 Å². The van der Waals surface area contributed by atoms with E-state index in [-0.39, 0.29) is 11.9 Å². The smallest absolute Gasteiger partial charge is 0.416 e. The van der Waals surface area contributed by atoms with Crippen molar-refractivity contribution in [2.75, 3.05) is 38.2 Å². The molecule has 3 rings (SSSR count). The van der Waals surface area contributed by atoms with Gasteiger partial charge in [0.25, 0.3) is 5.91 Å². The summed E-state index contributed by atoms with van der Waals surface area (Å²) in [5.41, 5.74) is 0.919. The topological polar surface area (TPSA) is 46.0 Å². The summed E-state index contributed by atoms with van der Waals surface area (Å²) in [4.78, 5) is 15.6. The lowest BCUT2D eigenvalue weighted by molar-refractivity contribution is -0.914. The van der Waals surface area contributed by atoms with E-state index in [2.05, 4.69) is 5.32 Å². The number of quaternary nitrogens is 1. The quantitative estimate of drug-likeness (QED) is 0.750. The monoisotopic (exact) mass is 422 g/mol. The number of ether oxygens (including phenoxy) is 1. The summed E-state index contributed by atoms with van der Waals surface area (Å²) in [5, 5.41) is 2.96. The third-order valence-electron chi connectivity index (χ3n) is 5.58. The molecule has 2 N–H and O–H groups in total. The normalized spacial score (nSPS) is 16.2. The van der Waals surface area contributed by atoms with E-state index in [0.29, 0.717) is 38.4 Å². The minimum atomic E-state index is -4.35. The molecular formula is C22H27F3N3O2+. The van der Waals surface area contributed by atoms with E-state index >= 15 is 0 Å². The van der Waals surface area contributed by atoms with Crippen molar-refractivity contribution >= 4 is 11.6 Å². The van der Waals surface area contributed by atoms with E-state index in [1.54, 1.807) is 13.2 Å². The van der Waals surface area contributed by atoms with Gasteiger partial charge in [0.15, 0.2) is 6.04 Å². The first-order chi connectivity index (χ1) is 14.3. The van der Waals surface area contributed by atoms with Crippen LogP contribution in [0.3, 0.4) is 0 Å². The van der Waals surface area contributed by atoms with Crippen LogP contribution in [-0.2, 0) is 17.5 Å². The Morgan fingerprint density at radius 1 is 1.17 bits per heavy atom. The van der Waals surface area contributed by atoms with Crippen LogP contribution in [-0.4, -0.2) is 45.2 Å². The van der Waals surface area contributed by atoms with Crippen molar-refractivity contribution in [2.24, 2.45) is 0 Å². The minimum absolute atomic E-state index is 0.0339. The van der Waals surface area contributed by atoms with Crippen LogP contribution in [0.5, 0.6) is 5.75 Å². The average molecular weight is 422 g/mol. The predicted molar refractivity (Wildman–Crippen MR) is 109 cm³/mol. The first-order valence-electron chi connectivity index (χ1n) is 9.95. The molecule has 0 radical (unpaired) electrons.